The Morgan fingerprint density at radius 2 is 1.50 bits per heavy atom. The summed E-state index contributed by atoms with van der Waals surface area (Å²) in [6.07, 6.45) is 0.401. The smallest absolute Gasteiger partial charge is 0.391 e. The molecule has 1 aliphatic carbocycles. The van der Waals surface area contributed by atoms with Crippen LogP contribution >= 0.6 is 11.3 Å². The monoisotopic (exact) mass is 1270 g/mol. The summed E-state index contributed by atoms with van der Waals surface area (Å²) in [4.78, 5) is 111. The molecule has 484 valence electrons. The lowest BCUT2D eigenvalue weighted by Crippen LogP contribution is -2.59. The van der Waals surface area contributed by atoms with E-state index in [1.165, 1.54) is 16.2 Å². The maximum Gasteiger partial charge on any atom is 0.417 e. The number of likely N-dealkylation sites (N-methyl/N-ethyl adjacent to an activating group) is 1. The lowest BCUT2D eigenvalue weighted by atomic mass is 9.85. The zero-order valence-corrected chi connectivity index (χ0v) is 52.7. The van der Waals surface area contributed by atoms with Gasteiger partial charge in [0, 0.05) is 97.1 Å². The number of pyridine rings is 1. The van der Waals surface area contributed by atoms with Crippen LogP contribution in [0.25, 0.3) is 21.6 Å². The number of aliphatic hydroxyl groups excluding tert-OH is 1. The first kappa shape index (κ1) is 66.9. The van der Waals surface area contributed by atoms with Crippen molar-refractivity contribution >= 4 is 58.2 Å². The number of β-amino-alcohol motifs (C(OH)–C–C–N with tert-alkyl or cyclic N) is 1. The van der Waals surface area contributed by atoms with Gasteiger partial charge in [-0.3, -0.25) is 38.5 Å². The summed E-state index contributed by atoms with van der Waals surface area (Å²) in [7, 11) is 2.01. The molecule has 2 aromatic heterocycles. The molecule has 4 atom stereocenters. The van der Waals surface area contributed by atoms with Crippen molar-refractivity contribution in [3.63, 3.8) is 0 Å². The van der Waals surface area contributed by atoms with Gasteiger partial charge in [0.05, 0.1) is 57.1 Å². The fraction of sp³-hybridized carbons (Fsp3) is 0.515. The van der Waals surface area contributed by atoms with Gasteiger partial charge in [-0.05, 0) is 91.1 Å². The predicted molar refractivity (Wildman–Crippen MR) is 337 cm³/mol. The number of alkyl halides is 4. The van der Waals surface area contributed by atoms with Crippen LogP contribution in [0.2, 0.25) is 0 Å². The number of halogens is 4. The van der Waals surface area contributed by atoms with Gasteiger partial charge in [-0.25, -0.2) is 9.37 Å². The van der Waals surface area contributed by atoms with E-state index in [2.05, 4.69) is 52.0 Å². The molecule has 24 heteroatoms. The highest BCUT2D eigenvalue weighted by Crippen LogP contribution is 2.41. The van der Waals surface area contributed by atoms with E-state index in [1.54, 1.807) is 32.3 Å². The molecule has 3 aromatic carbocycles. The Kier molecular flexibility index (Phi) is 21.7. The van der Waals surface area contributed by atoms with E-state index >= 15 is 0 Å². The van der Waals surface area contributed by atoms with Gasteiger partial charge >= 0.3 is 6.18 Å². The molecular weight excluding hydrogens is 1180 g/mol. The summed E-state index contributed by atoms with van der Waals surface area (Å²) < 4.78 is 56.8. The van der Waals surface area contributed by atoms with E-state index in [4.69, 9.17) is 0 Å². The maximum atomic E-state index is 14.8. The van der Waals surface area contributed by atoms with E-state index in [1.807, 2.05) is 73.5 Å². The average Bonchev–Trinajstić information content (AvgIpc) is 1.19. The number of hydrogen-bond donors (Lipinski definition) is 6. The quantitative estimate of drug-likeness (QED) is 0.0253. The number of H-pyrrole nitrogens is 1. The van der Waals surface area contributed by atoms with Crippen LogP contribution in [0.15, 0.2) is 89.3 Å². The van der Waals surface area contributed by atoms with Crippen molar-refractivity contribution in [3.05, 3.63) is 123 Å². The van der Waals surface area contributed by atoms with E-state index in [0.29, 0.717) is 81.8 Å². The molecule has 90 heavy (non-hydrogen) atoms. The summed E-state index contributed by atoms with van der Waals surface area (Å²) in [5, 5.41) is 22.1. The number of thiazole rings is 1. The van der Waals surface area contributed by atoms with Gasteiger partial charge < -0.3 is 51.0 Å². The van der Waals surface area contributed by atoms with Gasteiger partial charge in [0.25, 0.3) is 11.8 Å². The second kappa shape index (κ2) is 29.2. The molecule has 3 aliphatic heterocycles. The van der Waals surface area contributed by atoms with Crippen LogP contribution in [-0.4, -0.2) is 166 Å². The summed E-state index contributed by atoms with van der Waals surface area (Å²) in [5.41, 5.74) is 2.07. The Hall–Kier alpha value is -7.54. The van der Waals surface area contributed by atoms with Gasteiger partial charge in [-0.15, -0.1) is 11.3 Å². The first-order valence-corrected chi connectivity index (χ1v) is 32.1. The molecule has 3 saturated heterocycles. The minimum Gasteiger partial charge on any atom is -0.391 e. The number of aromatic amines is 1. The second-order valence-electron chi connectivity index (χ2n) is 25.5. The highest BCUT2D eigenvalue weighted by molar-refractivity contribution is 7.13. The van der Waals surface area contributed by atoms with E-state index in [0.717, 1.165) is 90.6 Å². The molecule has 4 fully saturated rings. The Bertz CT molecular complexity index is 3420. The summed E-state index contributed by atoms with van der Waals surface area (Å²) >= 11 is 1.50. The third-order valence-corrected chi connectivity index (χ3v) is 18.4. The molecular formula is C66H83F4N11O8S. The van der Waals surface area contributed by atoms with Crippen molar-refractivity contribution in [2.45, 2.75) is 141 Å². The number of carbonyl (C=O) groups excluding carboxylic acids is 6. The average molecular weight is 1270 g/mol. The summed E-state index contributed by atoms with van der Waals surface area (Å²) in [6, 6.07) is 18.4. The third-order valence-electron chi connectivity index (χ3n) is 17.5. The number of benzene rings is 3. The molecule has 5 heterocycles. The number of anilines is 2. The number of carbonyl (C=O) groups is 6. The van der Waals surface area contributed by atoms with Crippen molar-refractivity contribution in [1.29, 1.82) is 0 Å². The Labute approximate surface area is 526 Å². The Morgan fingerprint density at radius 3 is 2.17 bits per heavy atom. The number of aliphatic hydroxyl groups is 1. The van der Waals surface area contributed by atoms with E-state index in [9.17, 15) is 56.2 Å². The predicted octanol–water partition coefficient (Wildman–Crippen LogP) is 8.23. The number of piperazine rings is 2. The fourth-order valence-electron chi connectivity index (χ4n) is 11.9. The number of nitrogens with zero attached hydrogens (tertiary/aromatic N) is 6. The fourth-order valence-corrected chi connectivity index (χ4v) is 12.7. The molecule has 1 unspecified atom stereocenters. The van der Waals surface area contributed by atoms with Crippen LogP contribution in [0, 0.1) is 12.3 Å². The normalized spacial score (nSPS) is 18.6. The molecule has 6 N–H and O–H groups in total. The van der Waals surface area contributed by atoms with Crippen molar-refractivity contribution in [2.24, 2.45) is 5.41 Å². The number of aryl methyl sites for hydroxylation is 1. The molecule has 0 bridgehead atoms. The minimum atomic E-state index is -4.92. The van der Waals surface area contributed by atoms with Crippen LogP contribution in [0.1, 0.15) is 130 Å². The molecule has 5 aromatic rings. The van der Waals surface area contributed by atoms with Gasteiger partial charge in [-0.2, -0.15) is 13.2 Å². The number of hydrogen-bond acceptors (Lipinski definition) is 13. The number of aromatic nitrogens is 2. The first-order chi connectivity index (χ1) is 42.8. The lowest BCUT2D eigenvalue weighted by Gasteiger charge is -2.36. The topological polar surface area (TPSA) is 233 Å². The van der Waals surface area contributed by atoms with Gasteiger partial charge in [0.1, 0.15) is 12.1 Å². The molecule has 1 saturated carbocycles. The molecule has 0 spiro atoms. The first-order valence-electron chi connectivity index (χ1n) is 31.2. The highest BCUT2D eigenvalue weighted by Gasteiger charge is 2.53. The third kappa shape index (κ3) is 17.3. The number of likely N-dealkylation sites (tertiary alicyclic amines) is 1. The van der Waals surface area contributed by atoms with Crippen LogP contribution in [-0.2, 0) is 36.7 Å². The van der Waals surface area contributed by atoms with E-state index < -0.39 is 81.8 Å². The zero-order valence-electron chi connectivity index (χ0n) is 51.9. The van der Waals surface area contributed by atoms with E-state index in [-0.39, 0.29) is 44.0 Å². The number of unbranched alkanes of at least 4 members (excludes halogenated alkanes) is 5. The zero-order chi connectivity index (χ0) is 64.5. The summed E-state index contributed by atoms with van der Waals surface area (Å²) in [5.74, 6) is -3.19. The standard InChI is InChI=1S/C66H83F4N11O8S/c1-42-58(90-41-73-42)45-18-16-44(17-19-45)51(74-61(87)54-35-48(82)40-81(54)62(88)59(64(2,3)4)76-63(89)65(67)22-23-65)37-56(84)71-24-11-9-7-6-8-10-15-57(85)80-31-27-78(28-32-80)39-43-13-12-14-46(33-43)47-20-21-53(79-29-25-77(5)26-30-79)52(34-47)75-60(86)49-38-72-55(83)36-50(49)66(68,69)70/h12-14,16-21,33-34,36,38,41,48,51,54,59,82H,6-11,15,22-32,35,37,39-40H2,1-5H3,(H,71,84)(H,72,83)(H,74,87)(H,75,86)(H,76,89)/t48-,51?,54+,59-/m1/s1. The van der Waals surface area contributed by atoms with Gasteiger partial charge in [-0.1, -0.05) is 95.0 Å². The van der Waals surface area contributed by atoms with Crippen molar-refractivity contribution < 1.29 is 51.4 Å². The van der Waals surface area contributed by atoms with Crippen LogP contribution in [0.4, 0.5) is 28.9 Å². The number of amides is 6. The highest BCUT2D eigenvalue weighted by atomic mass is 32.1. The Balaban J connectivity index is 0.709. The summed E-state index contributed by atoms with van der Waals surface area (Å²) in [6.45, 7) is 13.5. The van der Waals surface area contributed by atoms with Crippen LogP contribution < -0.4 is 31.7 Å². The maximum absolute atomic E-state index is 14.8. The van der Waals surface area contributed by atoms with Gasteiger partial charge in [0.2, 0.25) is 29.2 Å². The molecule has 0 radical (unpaired) electrons. The van der Waals surface area contributed by atoms with Gasteiger partial charge in [0.15, 0.2) is 5.67 Å². The van der Waals surface area contributed by atoms with Crippen molar-refractivity contribution in [2.75, 3.05) is 82.7 Å². The van der Waals surface area contributed by atoms with Crippen molar-refractivity contribution in [1.82, 2.24) is 45.5 Å². The number of nitrogens with one attached hydrogen (secondary N) is 5. The number of rotatable bonds is 24. The minimum absolute atomic E-state index is 0.0608. The molecule has 19 nitrogen and oxygen atoms in total. The van der Waals surface area contributed by atoms with Crippen LogP contribution in [0.3, 0.4) is 0 Å². The molecule has 9 rings (SSSR count). The molecule has 4 aliphatic rings. The van der Waals surface area contributed by atoms with Crippen LogP contribution in [0.5, 0.6) is 0 Å². The largest absolute Gasteiger partial charge is 0.417 e. The molecule has 6 amide bonds. The second-order valence-corrected chi connectivity index (χ2v) is 26.3. The lowest BCUT2D eigenvalue weighted by molar-refractivity contribution is -0.145. The SMILES string of the molecule is Cc1ncsc1-c1ccc(C(CC(=O)NCCCCCCCCC(=O)N2CCN(Cc3cccc(-c4ccc(N5CCN(C)CC5)c(NC(=O)c5c[nH]c(=O)cc5C(F)(F)F)c4)c3)CC2)NC(=O)[C@@H]2C[C@@H](O)CN2C(=O)[C@@H](NC(=O)C2(F)CC2)C(C)(C)C)cc1. The Morgan fingerprint density at radius 1 is 0.822 bits per heavy atom. The van der Waals surface area contributed by atoms with Crippen molar-refractivity contribution in [3.8, 4) is 21.6 Å².